The first-order chi connectivity index (χ1) is 9.81. The van der Waals surface area contributed by atoms with Gasteiger partial charge in [-0.2, -0.15) is 0 Å². The molecule has 112 valence electrons. The standard InChI is InChI=1S/C13H15N3O5/c1-5-4-8(9-6(2)16-21-12(9)14-5)11(18)15-10(7(3)17)13(19)20/h4,7,10,17H,1-3H3,(H,15,18)(H,19,20)/t7-,10+/m1/s1. The first kappa shape index (κ1) is 14.9. The fourth-order valence-electron chi connectivity index (χ4n) is 2.00. The smallest absolute Gasteiger partial charge is 0.328 e. The normalized spacial score (nSPS) is 13.9. The number of aliphatic carboxylic acids is 1. The first-order valence-electron chi connectivity index (χ1n) is 6.26. The number of fused-ring (bicyclic) bond motifs is 1. The van der Waals surface area contributed by atoms with Gasteiger partial charge >= 0.3 is 5.97 Å². The molecule has 0 radical (unpaired) electrons. The highest BCUT2D eigenvalue weighted by molar-refractivity contribution is 6.07. The molecule has 0 spiro atoms. The Morgan fingerprint density at radius 1 is 1.38 bits per heavy atom. The molecular formula is C13H15N3O5. The Hall–Kier alpha value is -2.48. The molecule has 2 heterocycles. The van der Waals surface area contributed by atoms with E-state index in [2.05, 4.69) is 15.5 Å². The van der Waals surface area contributed by atoms with Gasteiger partial charge in [-0.15, -0.1) is 0 Å². The number of carbonyl (C=O) groups excluding carboxylic acids is 1. The van der Waals surface area contributed by atoms with Crippen LogP contribution in [0.1, 0.15) is 28.7 Å². The second kappa shape index (κ2) is 5.49. The third kappa shape index (κ3) is 2.84. The van der Waals surface area contributed by atoms with E-state index in [0.717, 1.165) is 0 Å². The van der Waals surface area contributed by atoms with Crippen LogP contribution in [0.15, 0.2) is 10.6 Å². The number of rotatable bonds is 4. The van der Waals surface area contributed by atoms with Gasteiger partial charge in [-0.05, 0) is 26.8 Å². The van der Waals surface area contributed by atoms with Crippen molar-refractivity contribution in [3.05, 3.63) is 23.0 Å². The maximum absolute atomic E-state index is 12.3. The van der Waals surface area contributed by atoms with Gasteiger partial charge in [-0.25, -0.2) is 9.78 Å². The lowest BCUT2D eigenvalue weighted by Gasteiger charge is -2.17. The summed E-state index contributed by atoms with van der Waals surface area (Å²) in [4.78, 5) is 27.4. The number of aryl methyl sites for hydroxylation is 2. The Kier molecular flexibility index (Phi) is 3.90. The number of nitrogens with one attached hydrogen (secondary N) is 1. The van der Waals surface area contributed by atoms with Crippen LogP contribution in [0.2, 0.25) is 0 Å². The van der Waals surface area contributed by atoms with E-state index < -0.39 is 24.0 Å². The molecule has 0 saturated carbocycles. The van der Waals surface area contributed by atoms with Gasteiger partial charge in [0.2, 0.25) is 0 Å². The number of aliphatic hydroxyl groups is 1. The van der Waals surface area contributed by atoms with Crippen molar-refractivity contribution in [2.45, 2.75) is 32.9 Å². The second-order valence-electron chi connectivity index (χ2n) is 4.79. The largest absolute Gasteiger partial charge is 0.480 e. The number of nitrogens with zero attached hydrogens (tertiary/aromatic N) is 2. The average molecular weight is 293 g/mol. The fraction of sp³-hybridized carbons (Fsp3) is 0.385. The molecule has 2 aromatic rings. The summed E-state index contributed by atoms with van der Waals surface area (Å²) in [6.45, 7) is 4.62. The highest BCUT2D eigenvalue weighted by Gasteiger charge is 2.27. The molecule has 0 bridgehead atoms. The van der Waals surface area contributed by atoms with Crippen molar-refractivity contribution in [2.75, 3.05) is 0 Å². The molecule has 2 aromatic heterocycles. The van der Waals surface area contributed by atoms with Crippen LogP contribution in [0.5, 0.6) is 0 Å². The minimum Gasteiger partial charge on any atom is -0.480 e. The number of carbonyl (C=O) groups is 2. The van der Waals surface area contributed by atoms with Crippen molar-refractivity contribution < 1.29 is 24.3 Å². The lowest BCUT2D eigenvalue weighted by molar-refractivity contribution is -0.141. The van der Waals surface area contributed by atoms with Crippen molar-refractivity contribution in [3.8, 4) is 0 Å². The van der Waals surface area contributed by atoms with Crippen LogP contribution in [0, 0.1) is 13.8 Å². The van der Waals surface area contributed by atoms with E-state index in [0.29, 0.717) is 16.8 Å². The Morgan fingerprint density at radius 3 is 2.62 bits per heavy atom. The Labute approximate surface area is 119 Å². The number of amides is 1. The van der Waals surface area contributed by atoms with Crippen LogP contribution in [-0.2, 0) is 4.79 Å². The fourth-order valence-corrected chi connectivity index (χ4v) is 2.00. The van der Waals surface area contributed by atoms with Crippen molar-refractivity contribution in [1.29, 1.82) is 0 Å². The zero-order chi connectivity index (χ0) is 15.7. The zero-order valence-electron chi connectivity index (χ0n) is 11.7. The highest BCUT2D eigenvalue weighted by Crippen LogP contribution is 2.21. The molecule has 0 fully saturated rings. The molecule has 0 saturated heterocycles. The van der Waals surface area contributed by atoms with Gasteiger partial charge in [-0.1, -0.05) is 5.16 Å². The van der Waals surface area contributed by atoms with Crippen molar-refractivity contribution in [3.63, 3.8) is 0 Å². The number of pyridine rings is 1. The lowest BCUT2D eigenvalue weighted by atomic mass is 10.1. The topological polar surface area (TPSA) is 126 Å². The van der Waals surface area contributed by atoms with Crippen LogP contribution >= 0.6 is 0 Å². The molecule has 0 unspecified atom stereocenters. The predicted molar refractivity (Wildman–Crippen MR) is 71.8 cm³/mol. The number of carboxylic acids is 1. The van der Waals surface area contributed by atoms with Crippen molar-refractivity contribution in [1.82, 2.24) is 15.5 Å². The molecule has 2 rings (SSSR count). The Bertz CT molecular complexity index is 707. The van der Waals surface area contributed by atoms with E-state index in [1.54, 1.807) is 13.8 Å². The first-order valence-corrected chi connectivity index (χ1v) is 6.26. The summed E-state index contributed by atoms with van der Waals surface area (Å²) in [5, 5.41) is 24.9. The van der Waals surface area contributed by atoms with Crippen LogP contribution in [0.4, 0.5) is 0 Å². The van der Waals surface area contributed by atoms with E-state index in [4.69, 9.17) is 9.63 Å². The molecule has 2 atom stereocenters. The quantitative estimate of drug-likeness (QED) is 0.745. The zero-order valence-corrected chi connectivity index (χ0v) is 11.7. The summed E-state index contributed by atoms with van der Waals surface area (Å²) in [7, 11) is 0. The Balaban J connectivity index is 2.44. The van der Waals surface area contributed by atoms with Crippen LogP contribution < -0.4 is 5.32 Å². The monoisotopic (exact) mass is 293 g/mol. The lowest BCUT2D eigenvalue weighted by Crippen LogP contribution is -2.47. The molecule has 21 heavy (non-hydrogen) atoms. The van der Waals surface area contributed by atoms with Crippen LogP contribution in [-0.4, -0.2) is 44.4 Å². The summed E-state index contributed by atoms with van der Waals surface area (Å²) >= 11 is 0. The molecule has 0 aliphatic heterocycles. The summed E-state index contributed by atoms with van der Waals surface area (Å²) in [5.41, 5.74) is 1.43. The molecular weight excluding hydrogens is 278 g/mol. The van der Waals surface area contributed by atoms with E-state index in [9.17, 15) is 14.7 Å². The van der Waals surface area contributed by atoms with Gasteiger partial charge < -0.3 is 20.1 Å². The molecule has 0 aromatic carbocycles. The number of hydrogen-bond acceptors (Lipinski definition) is 6. The van der Waals surface area contributed by atoms with Gasteiger partial charge in [0.1, 0.15) is 0 Å². The third-order valence-electron chi connectivity index (χ3n) is 3.02. The van der Waals surface area contributed by atoms with Gasteiger partial charge in [0, 0.05) is 5.69 Å². The number of hydrogen-bond donors (Lipinski definition) is 3. The Morgan fingerprint density at radius 2 is 2.05 bits per heavy atom. The minimum atomic E-state index is -1.40. The van der Waals surface area contributed by atoms with Gasteiger partial charge in [0.15, 0.2) is 6.04 Å². The van der Waals surface area contributed by atoms with E-state index in [-0.39, 0.29) is 11.3 Å². The summed E-state index contributed by atoms with van der Waals surface area (Å²) in [5.74, 6) is -1.95. The van der Waals surface area contributed by atoms with Gasteiger partial charge in [0.25, 0.3) is 11.6 Å². The van der Waals surface area contributed by atoms with Crippen molar-refractivity contribution in [2.24, 2.45) is 0 Å². The van der Waals surface area contributed by atoms with Gasteiger partial charge in [-0.3, -0.25) is 4.79 Å². The van der Waals surface area contributed by atoms with Crippen LogP contribution in [0.3, 0.4) is 0 Å². The number of aromatic nitrogens is 2. The molecule has 0 aliphatic carbocycles. The van der Waals surface area contributed by atoms with E-state index in [1.807, 2.05) is 0 Å². The third-order valence-corrected chi connectivity index (χ3v) is 3.02. The summed E-state index contributed by atoms with van der Waals surface area (Å²) < 4.78 is 5.01. The molecule has 1 amide bonds. The molecule has 8 heteroatoms. The van der Waals surface area contributed by atoms with Gasteiger partial charge in [0.05, 0.1) is 22.7 Å². The molecule has 0 aliphatic rings. The van der Waals surface area contributed by atoms with Crippen LogP contribution in [0.25, 0.3) is 11.1 Å². The number of aliphatic hydroxyl groups excluding tert-OH is 1. The predicted octanol–water partition coefficient (Wildman–Crippen LogP) is 0.403. The van der Waals surface area contributed by atoms with E-state index >= 15 is 0 Å². The maximum atomic E-state index is 12.3. The number of carboxylic acid groups (broad SMARTS) is 1. The summed E-state index contributed by atoms with van der Waals surface area (Å²) in [6, 6.07) is 0.115. The SMILES string of the molecule is Cc1cc(C(=O)N[C@H](C(=O)O)[C@@H](C)O)c2c(C)noc2n1. The van der Waals surface area contributed by atoms with Crippen molar-refractivity contribution >= 4 is 23.0 Å². The summed E-state index contributed by atoms with van der Waals surface area (Å²) in [6.07, 6.45) is -1.23. The van der Waals surface area contributed by atoms with E-state index in [1.165, 1.54) is 13.0 Å². The molecule has 8 nitrogen and oxygen atoms in total. The second-order valence-corrected chi connectivity index (χ2v) is 4.79. The molecule has 3 N–H and O–H groups in total. The minimum absolute atomic E-state index is 0.210. The maximum Gasteiger partial charge on any atom is 0.328 e. The highest BCUT2D eigenvalue weighted by atomic mass is 16.5. The average Bonchev–Trinajstić information content (AvgIpc) is 2.75.